The summed E-state index contributed by atoms with van der Waals surface area (Å²) in [7, 11) is 0. The van der Waals surface area contributed by atoms with Crippen molar-refractivity contribution in [3.05, 3.63) is 29.3 Å². The van der Waals surface area contributed by atoms with Crippen LogP contribution >= 0.6 is 0 Å². The summed E-state index contributed by atoms with van der Waals surface area (Å²) in [5, 5.41) is 11.5. The lowest BCUT2D eigenvalue weighted by Crippen LogP contribution is -2.44. The summed E-state index contributed by atoms with van der Waals surface area (Å²) in [6.45, 7) is 5.28. The third kappa shape index (κ3) is 3.23. The minimum Gasteiger partial charge on any atom is -0.480 e. The lowest BCUT2D eigenvalue weighted by molar-refractivity contribution is -0.140. The molecule has 0 spiro atoms. The molecule has 0 heterocycles. The van der Waals surface area contributed by atoms with E-state index in [1.807, 2.05) is 0 Å². The van der Waals surface area contributed by atoms with Crippen LogP contribution in [0.5, 0.6) is 0 Å². The predicted octanol–water partition coefficient (Wildman–Crippen LogP) is 1.42. The number of carbonyl (C=O) groups excluding carboxylic acids is 1. The number of carboxylic acid groups (broad SMARTS) is 1. The van der Waals surface area contributed by atoms with Crippen molar-refractivity contribution in [3.63, 3.8) is 0 Å². The van der Waals surface area contributed by atoms with Gasteiger partial charge in [0.2, 0.25) is 0 Å². The fourth-order valence-corrected chi connectivity index (χ4v) is 1.56. The van der Waals surface area contributed by atoms with Crippen LogP contribution in [-0.2, 0) is 4.79 Å². The number of carboxylic acids is 1. The minimum atomic E-state index is -1.04. The molecular formula is C13H18N2O3. The second-order valence-corrected chi connectivity index (χ2v) is 4.60. The molecule has 0 aliphatic rings. The second kappa shape index (κ2) is 5.53. The Bertz CT molecular complexity index is 469. The van der Waals surface area contributed by atoms with Crippen LogP contribution in [0.1, 0.15) is 29.8 Å². The average molecular weight is 250 g/mol. The summed E-state index contributed by atoms with van der Waals surface area (Å²) in [4.78, 5) is 22.9. The Kier molecular flexibility index (Phi) is 4.31. The van der Waals surface area contributed by atoms with Gasteiger partial charge in [-0.25, -0.2) is 4.79 Å². The van der Waals surface area contributed by atoms with Gasteiger partial charge in [0.25, 0.3) is 5.91 Å². The molecular weight excluding hydrogens is 232 g/mol. The normalized spacial score (nSPS) is 12.2. The van der Waals surface area contributed by atoms with Crippen LogP contribution < -0.4 is 11.1 Å². The molecule has 0 radical (unpaired) electrons. The van der Waals surface area contributed by atoms with Gasteiger partial charge >= 0.3 is 5.97 Å². The fraction of sp³-hybridized carbons (Fsp3) is 0.385. The van der Waals surface area contributed by atoms with E-state index >= 15 is 0 Å². The van der Waals surface area contributed by atoms with Crippen molar-refractivity contribution in [1.82, 2.24) is 5.32 Å². The van der Waals surface area contributed by atoms with E-state index in [1.54, 1.807) is 39.0 Å². The van der Waals surface area contributed by atoms with Gasteiger partial charge in [-0.3, -0.25) is 4.79 Å². The lowest BCUT2D eigenvalue weighted by Gasteiger charge is -2.18. The zero-order valence-corrected chi connectivity index (χ0v) is 10.7. The zero-order chi connectivity index (χ0) is 13.9. The number of anilines is 1. The second-order valence-electron chi connectivity index (χ2n) is 4.60. The SMILES string of the molecule is Cc1cc(C(=O)N[C@H](C(=O)O)C(C)C)ccc1N. The maximum absolute atomic E-state index is 11.9. The van der Waals surface area contributed by atoms with Gasteiger partial charge in [-0.1, -0.05) is 13.8 Å². The summed E-state index contributed by atoms with van der Waals surface area (Å²) in [6.07, 6.45) is 0. The van der Waals surface area contributed by atoms with E-state index in [4.69, 9.17) is 10.8 Å². The van der Waals surface area contributed by atoms with E-state index in [0.717, 1.165) is 5.56 Å². The molecule has 0 aliphatic carbocycles. The van der Waals surface area contributed by atoms with Crippen molar-refractivity contribution >= 4 is 17.6 Å². The van der Waals surface area contributed by atoms with E-state index in [1.165, 1.54) is 0 Å². The molecule has 18 heavy (non-hydrogen) atoms. The third-order valence-corrected chi connectivity index (χ3v) is 2.75. The molecule has 0 bridgehead atoms. The highest BCUT2D eigenvalue weighted by Gasteiger charge is 2.23. The Balaban J connectivity index is 2.87. The standard InChI is InChI=1S/C13H18N2O3/c1-7(2)11(13(17)18)15-12(16)9-4-5-10(14)8(3)6-9/h4-7,11H,14H2,1-3H3,(H,15,16)(H,17,18)/t11-/m0/s1. The number of rotatable bonds is 4. The minimum absolute atomic E-state index is 0.179. The van der Waals surface area contributed by atoms with E-state index in [0.29, 0.717) is 11.3 Å². The molecule has 5 nitrogen and oxygen atoms in total. The van der Waals surface area contributed by atoms with Gasteiger partial charge in [0.15, 0.2) is 0 Å². The molecule has 1 amide bonds. The Labute approximate surface area is 106 Å². The molecule has 1 aromatic rings. The third-order valence-electron chi connectivity index (χ3n) is 2.75. The number of carbonyl (C=O) groups is 2. The van der Waals surface area contributed by atoms with Gasteiger partial charge in [0.1, 0.15) is 6.04 Å². The van der Waals surface area contributed by atoms with E-state index in [2.05, 4.69) is 5.32 Å². The molecule has 1 rings (SSSR count). The van der Waals surface area contributed by atoms with Crippen molar-refractivity contribution in [2.45, 2.75) is 26.8 Å². The van der Waals surface area contributed by atoms with Gasteiger partial charge < -0.3 is 16.2 Å². The van der Waals surface area contributed by atoms with Crippen LogP contribution in [-0.4, -0.2) is 23.0 Å². The monoisotopic (exact) mass is 250 g/mol. The van der Waals surface area contributed by atoms with Crippen LogP contribution in [0.15, 0.2) is 18.2 Å². The van der Waals surface area contributed by atoms with E-state index in [-0.39, 0.29) is 5.92 Å². The number of nitrogens with one attached hydrogen (secondary N) is 1. The summed E-state index contributed by atoms with van der Waals surface area (Å²) >= 11 is 0. The highest BCUT2D eigenvalue weighted by atomic mass is 16.4. The van der Waals surface area contributed by atoms with Gasteiger partial charge in [-0.05, 0) is 36.6 Å². The molecule has 4 N–H and O–H groups in total. The number of amides is 1. The maximum Gasteiger partial charge on any atom is 0.326 e. The summed E-state index contributed by atoms with van der Waals surface area (Å²) in [5.41, 5.74) is 7.46. The van der Waals surface area contributed by atoms with Crippen LogP contribution in [0.3, 0.4) is 0 Å². The molecule has 0 unspecified atom stereocenters. The highest BCUT2D eigenvalue weighted by molar-refractivity contribution is 5.97. The van der Waals surface area contributed by atoms with Gasteiger partial charge in [-0.2, -0.15) is 0 Å². The average Bonchev–Trinajstić information content (AvgIpc) is 2.28. The van der Waals surface area contributed by atoms with E-state index in [9.17, 15) is 9.59 Å². The van der Waals surface area contributed by atoms with Crippen molar-refractivity contribution in [2.75, 3.05) is 5.73 Å². The van der Waals surface area contributed by atoms with Crippen molar-refractivity contribution in [3.8, 4) is 0 Å². The molecule has 5 heteroatoms. The first-order chi connectivity index (χ1) is 8.32. The first-order valence-electron chi connectivity index (χ1n) is 5.72. The highest BCUT2D eigenvalue weighted by Crippen LogP contribution is 2.13. The number of aliphatic carboxylic acids is 1. The molecule has 1 atom stereocenters. The molecule has 1 aromatic carbocycles. The topological polar surface area (TPSA) is 92.4 Å². The fourth-order valence-electron chi connectivity index (χ4n) is 1.56. The first kappa shape index (κ1) is 14.0. The quantitative estimate of drug-likeness (QED) is 0.704. The number of nitrogen functional groups attached to an aromatic ring is 1. The van der Waals surface area contributed by atoms with Crippen LogP contribution in [0.4, 0.5) is 5.69 Å². The lowest BCUT2D eigenvalue weighted by atomic mass is 10.0. The summed E-state index contributed by atoms with van der Waals surface area (Å²) < 4.78 is 0. The van der Waals surface area contributed by atoms with Crippen LogP contribution in [0, 0.1) is 12.8 Å². The van der Waals surface area contributed by atoms with E-state index < -0.39 is 17.9 Å². The smallest absolute Gasteiger partial charge is 0.326 e. The number of aryl methyl sites for hydroxylation is 1. The van der Waals surface area contributed by atoms with Crippen molar-refractivity contribution in [2.24, 2.45) is 5.92 Å². The number of hydrogen-bond donors (Lipinski definition) is 3. The number of hydrogen-bond acceptors (Lipinski definition) is 3. The molecule has 0 fully saturated rings. The molecule has 0 aromatic heterocycles. The van der Waals surface area contributed by atoms with Gasteiger partial charge in [0.05, 0.1) is 0 Å². The summed E-state index contributed by atoms with van der Waals surface area (Å²) in [6, 6.07) is 3.96. The Hall–Kier alpha value is -2.04. The molecule has 98 valence electrons. The molecule has 0 saturated carbocycles. The van der Waals surface area contributed by atoms with Crippen molar-refractivity contribution < 1.29 is 14.7 Å². The molecule has 0 saturated heterocycles. The number of nitrogens with two attached hydrogens (primary N) is 1. The zero-order valence-electron chi connectivity index (χ0n) is 10.7. The first-order valence-corrected chi connectivity index (χ1v) is 5.72. The maximum atomic E-state index is 11.9. The Morgan fingerprint density at radius 2 is 1.94 bits per heavy atom. The van der Waals surface area contributed by atoms with Gasteiger partial charge in [0, 0.05) is 11.3 Å². The largest absolute Gasteiger partial charge is 0.480 e. The Morgan fingerprint density at radius 3 is 2.39 bits per heavy atom. The van der Waals surface area contributed by atoms with Crippen LogP contribution in [0.25, 0.3) is 0 Å². The number of benzene rings is 1. The predicted molar refractivity (Wildman–Crippen MR) is 69.3 cm³/mol. The summed E-state index contributed by atoms with van der Waals surface area (Å²) in [5.74, 6) is -1.62. The van der Waals surface area contributed by atoms with Gasteiger partial charge in [-0.15, -0.1) is 0 Å². The Morgan fingerprint density at radius 1 is 1.33 bits per heavy atom. The molecule has 0 aliphatic heterocycles. The van der Waals surface area contributed by atoms with Crippen LogP contribution in [0.2, 0.25) is 0 Å². The van der Waals surface area contributed by atoms with Crippen molar-refractivity contribution in [1.29, 1.82) is 0 Å².